The highest BCUT2D eigenvalue weighted by atomic mass is 32.2. The molecule has 0 saturated carbocycles. The molecule has 0 heterocycles. The molecule has 0 bridgehead atoms. The van der Waals surface area contributed by atoms with Gasteiger partial charge in [0.2, 0.25) is 11.8 Å². The summed E-state index contributed by atoms with van der Waals surface area (Å²) in [4.78, 5) is 28.4. The second-order valence-corrected chi connectivity index (χ2v) is 12.6. The van der Waals surface area contributed by atoms with Gasteiger partial charge in [-0.1, -0.05) is 74.9 Å². The lowest BCUT2D eigenvalue weighted by atomic mass is 10.1. The average molecular weight is 618 g/mol. The molecule has 0 radical (unpaired) electrons. The van der Waals surface area contributed by atoms with E-state index in [0.717, 1.165) is 23.3 Å². The smallest absolute Gasteiger partial charge is 0.354 e. The number of carbonyl (C=O) groups excluding carboxylic acids is 2. The minimum Gasteiger partial charge on any atom is -0.354 e. The zero-order valence-electron chi connectivity index (χ0n) is 24.8. The Morgan fingerprint density at radius 2 is 1.58 bits per heavy atom. The van der Waals surface area contributed by atoms with Gasteiger partial charge in [0.25, 0.3) is 10.0 Å². The second kappa shape index (κ2) is 14.5. The fourth-order valence-corrected chi connectivity index (χ4v) is 5.93. The Kier molecular flexibility index (Phi) is 11.4. The van der Waals surface area contributed by atoms with Crippen molar-refractivity contribution < 1.29 is 31.2 Å². The largest absolute Gasteiger partial charge is 0.416 e. The fourth-order valence-electron chi connectivity index (χ4n) is 4.52. The van der Waals surface area contributed by atoms with Gasteiger partial charge in [0.15, 0.2) is 0 Å². The molecule has 0 saturated heterocycles. The van der Waals surface area contributed by atoms with Crippen LogP contribution in [0.2, 0.25) is 0 Å². The number of nitrogens with zero attached hydrogens (tertiary/aromatic N) is 2. The summed E-state index contributed by atoms with van der Waals surface area (Å²) in [5.41, 5.74) is 0.316. The van der Waals surface area contributed by atoms with Crippen LogP contribution in [0.4, 0.5) is 18.9 Å². The van der Waals surface area contributed by atoms with Crippen LogP contribution in [0.25, 0.3) is 0 Å². The number of rotatable bonds is 13. The van der Waals surface area contributed by atoms with Gasteiger partial charge in [-0.05, 0) is 61.6 Å². The molecule has 0 fully saturated rings. The van der Waals surface area contributed by atoms with Crippen molar-refractivity contribution in [3.8, 4) is 0 Å². The molecule has 11 heteroatoms. The first-order valence-corrected chi connectivity index (χ1v) is 15.6. The molecule has 232 valence electrons. The number of hydrogen-bond acceptors (Lipinski definition) is 4. The van der Waals surface area contributed by atoms with Crippen molar-refractivity contribution in [2.75, 3.05) is 23.9 Å². The standard InChI is InChI=1S/C32H38F3N3O4S/c1-5-29(31(40)36-21-23(2)3)37(19-18-25-10-7-6-8-11-25)30(39)22-38(27-13-9-12-26(20-27)32(33,34)35)43(41,42)28-16-14-24(4)15-17-28/h6-17,20,23,29H,5,18-19,21-22H2,1-4H3,(H,36,40). The van der Waals surface area contributed by atoms with E-state index in [4.69, 9.17) is 0 Å². The van der Waals surface area contributed by atoms with Crippen LogP contribution in [0.3, 0.4) is 0 Å². The quantitative estimate of drug-likeness (QED) is 0.262. The van der Waals surface area contributed by atoms with E-state index >= 15 is 0 Å². The van der Waals surface area contributed by atoms with Crippen molar-refractivity contribution in [1.82, 2.24) is 10.2 Å². The van der Waals surface area contributed by atoms with Gasteiger partial charge in [0.1, 0.15) is 12.6 Å². The number of alkyl halides is 3. The summed E-state index contributed by atoms with van der Waals surface area (Å²) in [6, 6.07) is 18.1. The van der Waals surface area contributed by atoms with Crippen molar-refractivity contribution in [2.45, 2.75) is 57.7 Å². The second-order valence-electron chi connectivity index (χ2n) is 10.8. The SMILES string of the molecule is CCC(C(=O)NCC(C)C)N(CCc1ccccc1)C(=O)CN(c1cccc(C(F)(F)F)c1)S(=O)(=O)c1ccc(C)cc1. The number of sulfonamides is 1. The number of benzene rings is 3. The predicted octanol–water partition coefficient (Wildman–Crippen LogP) is 5.83. The summed E-state index contributed by atoms with van der Waals surface area (Å²) in [7, 11) is -4.49. The van der Waals surface area contributed by atoms with Crippen LogP contribution in [-0.4, -0.2) is 50.8 Å². The molecular formula is C32H38F3N3O4S. The number of amides is 2. The van der Waals surface area contributed by atoms with Gasteiger partial charge < -0.3 is 10.2 Å². The highest BCUT2D eigenvalue weighted by Crippen LogP contribution is 2.33. The molecule has 0 aliphatic rings. The van der Waals surface area contributed by atoms with E-state index in [0.29, 0.717) is 23.3 Å². The third-order valence-electron chi connectivity index (χ3n) is 6.90. The van der Waals surface area contributed by atoms with Gasteiger partial charge in [0, 0.05) is 13.1 Å². The number of hydrogen-bond donors (Lipinski definition) is 1. The lowest BCUT2D eigenvalue weighted by Gasteiger charge is -2.33. The van der Waals surface area contributed by atoms with E-state index in [2.05, 4.69) is 5.32 Å². The van der Waals surface area contributed by atoms with Crippen LogP contribution in [0.1, 0.15) is 43.9 Å². The van der Waals surface area contributed by atoms with Crippen LogP contribution in [0.5, 0.6) is 0 Å². The van der Waals surface area contributed by atoms with Crippen LogP contribution in [-0.2, 0) is 32.2 Å². The summed E-state index contributed by atoms with van der Waals surface area (Å²) in [5, 5.41) is 2.85. The molecule has 0 aromatic heterocycles. The molecule has 1 N–H and O–H groups in total. The lowest BCUT2D eigenvalue weighted by molar-refractivity contribution is -0.139. The molecule has 0 aliphatic heterocycles. The van der Waals surface area contributed by atoms with Gasteiger partial charge >= 0.3 is 6.18 Å². The Labute approximate surface area is 251 Å². The molecule has 3 aromatic rings. The molecule has 1 unspecified atom stereocenters. The summed E-state index contributed by atoms with van der Waals surface area (Å²) in [6.45, 7) is 7.05. The molecule has 0 spiro atoms. The first kappa shape index (κ1) is 33.6. The first-order valence-electron chi connectivity index (χ1n) is 14.1. The van der Waals surface area contributed by atoms with Crippen LogP contribution < -0.4 is 9.62 Å². The zero-order valence-corrected chi connectivity index (χ0v) is 25.6. The molecule has 3 aromatic carbocycles. The summed E-state index contributed by atoms with van der Waals surface area (Å²) < 4.78 is 69.3. The molecule has 2 amide bonds. The summed E-state index contributed by atoms with van der Waals surface area (Å²) in [5.74, 6) is -0.939. The highest BCUT2D eigenvalue weighted by Gasteiger charge is 2.35. The average Bonchev–Trinajstić information content (AvgIpc) is 2.97. The normalized spacial score (nSPS) is 12.6. The summed E-state index contributed by atoms with van der Waals surface area (Å²) >= 11 is 0. The number of anilines is 1. The molecule has 7 nitrogen and oxygen atoms in total. The third-order valence-corrected chi connectivity index (χ3v) is 8.69. The summed E-state index contributed by atoms with van der Waals surface area (Å²) in [6.07, 6.45) is -4.10. The molecular weight excluding hydrogens is 579 g/mol. The van der Waals surface area contributed by atoms with E-state index < -0.39 is 40.3 Å². The van der Waals surface area contributed by atoms with Gasteiger partial charge in [-0.25, -0.2) is 8.42 Å². The Hall–Kier alpha value is -3.86. The van der Waals surface area contributed by atoms with Crippen molar-refractivity contribution in [1.29, 1.82) is 0 Å². The van der Waals surface area contributed by atoms with Crippen molar-refractivity contribution in [2.24, 2.45) is 5.92 Å². The van der Waals surface area contributed by atoms with Crippen LogP contribution in [0.15, 0.2) is 83.8 Å². The monoisotopic (exact) mass is 617 g/mol. The molecule has 1 atom stereocenters. The fraction of sp³-hybridized carbons (Fsp3) is 0.375. The topological polar surface area (TPSA) is 86.8 Å². The van der Waals surface area contributed by atoms with Gasteiger partial charge in [0.05, 0.1) is 16.1 Å². The number of nitrogens with one attached hydrogen (secondary N) is 1. The van der Waals surface area contributed by atoms with E-state index in [1.54, 1.807) is 26.0 Å². The molecule has 43 heavy (non-hydrogen) atoms. The van der Waals surface area contributed by atoms with Crippen LogP contribution >= 0.6 is 0 Å². The zero-order chi connectivity index (χ0) is 31.8. The number of aryl methyl sites for hydroxylation is 1. The highest BCUT2D eigenvalue weighted by molar-refractivity contribution is 7.92. The van der Waals surface area contributed by atoms with Crippen molar-refractivity contribution >= 4 is 27.5 Å². The van der Waals surface area contributed by atoms with Crippen LogP contribution in [0, 0.1) is 12.8 Å². The molecule has 0 aliphatic carbocycles. The van der Waals surface area contributed by atoms with Crippen molar-refractivity contribution in [3.63, 3.8) is 0 Å². The Bertz CT molecular complexity index is 1480. The Morgan fingerprint density at radius 1 is 0.930 bits per heavy atom. The Balaban J connectivity index is 2.06. The minimum atomic E-state index is -4.73. The third kappa shape index (κ3) is 9.06. The van der Waals surface area contributed by atoms with Crippen molar-refractivity contribution in [3.05, 3.63) is 95.6 Å². The predicted molar refractivity (Wildman–Crippen MR) is 161 cm³/mol. The number of carbonyl (C=O) groups is 2. The van der Waals surface area contributed by atoms with Gasteiger partial charge in [-0.3, -0.25) is 13.9 Å². The van der Waals surface area contributed by atoms with Gasteiger partial charge in [-0.15, -0.1) is 0 Å². The maximum absolute atomic E-state index is 14.0. The van der Waals surface area contributed by atoms with E-state index in [1.807, 2.05) is 44.2 Å². The van der Waals surface area contributed by atoms with E-state index in [-0.39, 0.29) is 35.4 Å². The molecule has 3 rings (SSSR count). The van der Waals surface area contributed by atoms with E-state index in [1.165, 1.54) is 23.1 Å². The maximum atomic E-state index is 14.0. The lowest BCUT2D eigenvalue weighted by Crippen LogP contribution is -2.53. The number of halogens is 3. The Morgan fingerprint density at radius 3 is 2.16 bits per heavy atom. The first-order chi connectivity index (χ1) is 20.2. The maximum Gasteiger partial charge on any atom is 0.416 e. The minimum absolute atomic E-state index is 0.0947. The van der Waals surface area contributed by atoms with E-state index in [9.17, 15) is 31.2 Å². The van der Waals surface area contributed by atoms with Gasteiger partial charge in [-0.2, -0.15) is 13.2 Å².